The summed E-state index contributed by atoms with van der Waals surface area (Å²) >= 11 is 0. The average molecular weight is 296 g/mol. The van der Waals surface area contributed by atoms with Crippen LogP contribution < -0.4 is 10.1 Å². The van der Waals surface area contributed by atoms with Crippen molar-refractivity contribution in [2.75, 3.05) is 32.6 Å². The van der Waals surface area contributed by atoms with E-state index in [-0.39, 0.29) is 17.8 Å². The van der Waals surface area contributed by atoms with Crippen molar-refractivity contribution in [3.63, 3.8) is 0 Å². The van der Waals surface area contributed by atoms with Gasteiger partial charge in [0, 0.05) is 26.3 Å². The van der Waals surface area contributed by atoms with Gasteiger partial charge < -0.3 is 19.7 Å². The highest BCUT2D eigenvalue weighted by Gasteiger charge is 2.19. The molecule has 1 aliphatic rings. The standard InChI is InChI=1S/C15H21FN2O3/c1-18(10-12-5-3-4-8-21-12)15(19)17-14-7-6-11(20-2)9-13(14)16/h6-7,9,12H,3-5,8,10H2,1-2H3,(H,17,19)/t12-/m1/s1. The summed E-state index contributed by atoms with van der Waals surface area (Å²) in [5.74, 6) is -0.112. The van der Waals surface area contributed by atoms with Crippen molar-refractivity contribution >= 4 is 11.7 Å². The molecule has 21 heavy (non-hydrogen) atoms. The number of halogens is 1. The van der Waals surface area contributed by atoms with E-state index in [1.807, 2.05) is 0 Å². The lowest BCUT2D eigenvalue weighted by Crippen LogP contribution is -2.39. The molecule has 0 radical (unpaired) electrons. The predicted octanol–water partition coefficient (Wildman–Crippen LogP) is 2.87. The van der Waals surface area contributed by atoms with Crippen molar-refractivity contribution < 1.29 is 18.7 Å². The minimum Gasteiger partial charge on any atom is -0.497 e. The predicted molar refractivity (Wildman–Crippen MR) is 78.2 cm³/mol. The van der Waals surface area contributed by atoms with Crippen LogP contribution in [-0.2, 0) is 4.74 Å². The SMILES string of the molecule is COc1ccc(NC(=O)N(C)C[C@H]2CCCCO2)c(F)c1. The van der Waals surface area contributed by atoms with Crippen molar-refractivity contribution in [1.29, 1.82) is 0 Å². The molecule has 2 rings (SSSR count). The summed E-state index contributed by atoms with van der Waals surface area (Å²) in [6, 6.07) is 3.97. The molecule has 1 aliphatic heterocycles. The second kappa shape index (κ2) is 7.26. The van der Waals surface area contributed by atoms with E-state index in [0.717, 1.165) is 25.9 Å². The fourth-order valence-electron chi connectivity index (χ4n) is 2.27. The highest BCUT2D eigenvalue weighted by Crippen LogP contribution is 2.21. The first-order valence-electron chi connectivity index (χ1n) is 7.07. The van der Waals surface area contributed by atoms with Crippen LogP contribution in [-0.4, -0.2) is 44.3 Å². The fourth-order valence-corrected chi connectivity index (χ4v) is 2.27. The van der Waals surface area contributed by atoms with Gasteiger partial charge in [-0.05, 0) is 31.4 Å². The molecule has 1 N–H and O–H groups in total. The molecular weight excluding hydrogens is 275 g/mol. The van der Waals surface area contributed by atoms with Crippen LogP contribution >= 0.6 is 0 Å². The van der Waals surface area contributed by atoms with E-state index in [2.05, 4.69) is 5.32 Å². The van der Waals surface area contributed by atoms with Crippen LogP contribution in [0, 0.1) is 5.82 Å². The number of hydrogen-bond donors (Lipinski definition) is 1. The number of nitrogens with zero attached hydrogens (tertiary/aromatic N) is 1. The molecule has 1 aromatic carbocycles. The van der Waals surface area contributed by atoms with Gasteiger partial charge in [-0.1, -0.05) is 0 Å². The quantitative estimate of drug-likeness (QED) is 0.929. The lowest BCUT2D eigenvalue weighted by Gasteiger charge is -2.27. The molecule has 0 spiro atoms. The Balaban J connectivity index is 1.90. The van der Waals surface area contributed by atoms with Gasteiger partial charge in [-0.25, -0.2) is 9.18 Å². The highest BCUT2D eigenvalue weighted by molar-refractivity contribution is 5.89. The first-order valence-corrected chi connectivity index (χ1v) is 7.07. The van der Waals surface area contributed by atoms with Crippen molar-refractivity contribution in [3.05, 3.63) is 24.0 Å². The maximum atomic E-state index is 13.8. The second-order valence-electron chi connectivity index (χ2n) is 5.15. The van der Waals surface area contributed by atoms with Crippen LogP contribution in [0.5, 0.6) is 5.75 Å². The molecule has 0 aromatic heterocycles. The van der Waals surface area contributed by atoms with Crippen LogP contribution in [0.15, 0.2) is 18.2 Å². The van der Waals surface area contributed by atoms with E-state index < -0.39 is 5.82 Å². The Bertz CT molecular complexity index is 490. The Kier molecular flexibility index (Phi) is 5.38. The third-order valence-corrected chi connectivity index (χ3v) is 3.52. The summed E-state index contributed by atoms with van der Waals surface area (Å²) in [5.41, 5.74) is 0.136. The van der Waals surface area contributed by atoms with E-state index in [1.54, 1.807) is 13.1 Å². The Morgan fingerprint density at radius 2 is 2.33 bits per heavy atom. The van der Waals surface area contributed by atoms with E-state index >= 15 is 0 Å². The van der Waals surface area contributed by atoms with Crippen LogP contribution in [0.1, 0.15) is 19.3 Å². The first-order chi connectivity index (χ1) is 10.1. The van der Waals surface area contributed by atoms with Gasteiger partial charge in [0.2, 0.25) is 0 Å². The van der Waals surface area contributed by atoms with E-state index in [4.69, 9.17) is 9.47 Å². The summed E-state index contributed by atoms with van der Waals surface area (Å²) in [6.07, 6.45) is 3.21. The number of hydrogen-bond acceptors (Lipinski definition) is 3. The van der Waals surface area contributed by atoms with Gasteiger partial charge in [0.15, 0.2) is 0 Å². The molecule has 0 unspecified atom stereocenters. The number of benzene rings is 1. The number of carbonyl (C=O) groups excluding carboxylic acids is 1. The molecule has 6 heteroatoms. The minimum absolute atomic E-state index is 0.0650. The van der Waals surface area contributed by atoms with Crippen LogP contribution in [0.2, 0.25) is 0 Å². The normalized spacial score (nSPS) is 18.1. The highest BCUT2D eigenvalue weighted by atomic mass is 19.1. The molecule has 0 bridgehead atoms. The Morgan fingerprint density at radius 1 is 1.52 bits per heavy atom. The van der Waals surface area contributed by atoms with E-state index in [1.165, 1.54) is 24.1 Å². The van der Waals surface area contributed by atoms with Gasteiger partial charge >= 0.3 is 6.03 Å². The largest absolute Gasteiger partial charge is 0.497 e. The van der Waals surface area contributed by atoms with Crippen molar-refractivity contribution in [2.45, 2.75) is 25.4 Å². The minimum atomic E-state index is -0.523. The fraction of sp³-hybridized carbons (Fsp3) is 0.533. The molecular formula is C15H21FN2O3. The number of rotatable bonds is 4. The van der Waals surface area contributed by atoms with Crippen molar-refractivity contribution in [1.82, 2.24) is 4.90 Å². The topological polar surface area (TPSA) is 50.8 Å². The van der Waals surface area contributed by atoms with Gasteiger partial charge in [-0.2, -0.15) is 0 Å². The van der Waals surface area contributed by atoms with E-state index in [9.17, 15) is 9.18 Å². The molecule has 1 saturated heterocycles. The van der Waals surface area contributed by atoms with Gasteiger partial charge in [-0.3, -0.25) is 0 Å². The number of urea groups is 1. The second-order valence-corrected chi connectivity index (χ2v) is 5.15. The summed E-state index contributed by atoms with van der Waals surface area (Å²) in [5, 5.41) is 2.55. The monoisotopic (exact) mass is 296 g/mol. The molecule has 116 valence electrons. The Morgan fingerprint density at radius 3 is 2.95 bits per heavy atom. The Hall–Kier alpha value is -1.82. The van der Waals surface area contributed by atoms with Crippen LogP contribution in [0.3, 0.4) is 0 Å². The number of ether oxygens (including phenoxy) is 2. The zero-order valence-electron chi connectivity index (χ0n) is 12.4. The van der Waals surface area contributed by atoms with Gasteiger partial charge in [0.1, 0.15) is 11.6 Å². The zero-order valence-corrected chi connectivity index (χ0v) is 12.4. The molecule has 1 aromatic rings. The molecule has 2 amide bonds. The van der Waals surface area contributed by atoms with Gasteiger partial charge in [0.05, 0.1) is 18.9 Å². The third-order valence-electron chi connectivity index (χ3n) is 3.52. The van der Waals surface area contributed by atoms with E-state index in [0.29, 0.717) is 12.3 Å². The summed E-state index contributed by atoms with van der Waals surface area (Å²) in [6.45, 7) is 1.25. The molecule has 5 nitrogen and oxygen atoms in total. The van der Waals surface area contributed by atoms with Crippen LogP contribution in [0.25, 0.3) is 0 Å². The number of nitrogens with one attached hydrogen (secondary N) is 1. The summed E-state index contributed by atoms with van der Waals surface area (Å²) < 4.78 is 24.3. The maximum Gasteiger partial charge on any atom is 0.321 e. The number of methoxy groups -OCH3 is 1. The third kappa shape index (κ3) is 4.32. The van der Waals surface area contributed by atoms with Crippen molar-refractivity contribution in [3.8, 4) is 5.75 Å². The molecule has 1 heterocycles. The van der Waals surface area contributed by atoms with Gasteiger partial charge in [0.25, 0.3) is 0 Å². The lowest BCUT2D eigenvalue weighted by molar-refractivity contribution is 0.00463. The first kappa shape index (κ1) is 15.6. The lowest BCUT2D eigenvalue weighted by atomic mass is 10.1. The molecule has 0 saturated carbocycles. The number of amides is 2. The van der Waals surface area contributed by atoms with Crippen molar-refractivity contribution in [2.24, 2.45) is 0 Å². The smallest absolute Gasteiger partial charge is 0.321 e. The molecule has 0 aliphatic carbocycles. The average Bonchev–Trinajstić information content (AvgIpc) is 2.50. The molecule has 1 atom stereocenters. The summed E-state index contributed by atoms with van der Waals surface area (Å²) in [4.78, 5) is 13.6. The van der Waals surface area contributed by atoms with Gasteiger partial charge in [-0.15, -0.1) is 0 Å². The number of carbonyl (C=O) groups is 1. The maximum absolute atomic E-state index is 13.8. The number of likely N-dealkylation sites (N-methyl/N-ethyl adjacent to an activating group) is 1. The van der Waals surface area contributed by atoms with Crippen LogP contribution in [0.4, 0.5) is 14.9 Å². The molecule has 1 fully saturated rings. The Labute approximate surface area is 124 Å². The zero-order chi connectivity index (χ0) is 15.2. The summed E-state index contributed by atoms with van der Waals surface area (Å²) in [7, 11) is 3.14. The number of anilines is 1.